The highest BCUT2D eigenvalue weighted by molar-refractivity contribution is 7.98. The van der Waals surface area contributed by atoms with E-state index in [0.29, 0.717) is 65.7 Å². The smallest absolute Gasteiger partial charge is 0.252 e. The molecule has 3 aromatic rings. The highest BCUT2D eigenvalue weighted by atomic mass is 35.5. The molecule has 30 heavy (non-hydrogen) atoms. The fraction of sp³-hybridized carbons (Fsp3) is 0.286. The van der Waals surface area contributed by atoms with Crippen molar-refractivity contribution in [3.8, 4) is 11.5 Å². The number of carbonyl (C=O) groups excluding carboxylic acids is 1. The molecular weight excluding hydrogens is 426 g/mol. The van der Waals surface area contributed by atoms with Crippen molar-refractivity contribution in [1.82, 2.24) is 15.5 Å². The third kappa shape index (κ3) is 4.88. The number of nitrogens with zero attached hydrogens (tertiary/aromatic N) is 2. The van der Waals surface area contributed by atoms with Gasteiger partial charge in [-0.05, 0) is 36.2 Å². The quantitative estimate of drug-likeness (QED) is 0.548. The van der Waals surface area contributed by atoms with E-state index in [-0.39, 0.29) is 5.91 Å². The molecule has 1 N–H and O–H groups in total. The lowest BCUT2D eigenvalue weighted by Crippen LogP contribution is -2.26. The van der Waals surface area contributed by atoms with Crippen molar-refractivity contribution in [3.63, 3.8) is 0 Å². The highest BCUT2D eigenvalue weighted by Gasteiger charge is 2.17. The lowest BCUT2D eigenvalue weighted by atomic mass is 10.1. The van der Waals surface area contributed by atoms with Crippen LogP contribution >= 0.6 is 23.4 Å². The fourth-order valence-corrected chi connectivity index (χ4v) is 4.23. The second kappa shape index (κ2) is 9.40. The van der Waals surface area contributed by atoms with Gasteiger partial charge in [-0.25, -0.2) is 0 Å². The van der Waals surface area contributed by atoms with Crippen molar-refractivity contribution in [2.75, 3.05) is 19.8 Å². The number of halogens is 1. The number of aromatic nitrogens is 2. The van der Waals surface area contributed by atoms with E-state index in [1.807, 2.05) is 30.3 Å². The minimum atomic E-state index is -0.133. The maximum Gasteiger partial charge on any atom is 0.252 e. The number of carbonyl (C=O) groups is 1. The van der Waals surface area contributed by atoms with E-state index >= 15 is 0 Å². The van der Waals surface area contributed by atoms with Crippen LogP contribution in [0.3, 0.4) is 0 Å². The Bertz CT molecular complexity index is 1060. The van der Waals surface area contributed by atoms with Crippen LogP contribution in [0.5, 0.6) is 11.5 Å². The van der Waals surface area contributed by atoms with Crippen molar-refractivity contribution in [2.45, 2.75) is 24.0 Å². The molecule has 0 atom stereocenters. The number of nitrogens with one attached hydrogen (secondary N) is 1. The zero-order valence-electron chi connectivity index (χ0n) is 16.3. The number of thioether (sulfide) groups is 1. The standard InChI is InChI=1S/C21H20ClN3O4S/c1-13-24-19(25-29-13)12-30-18-5-3-2-4-15(18)21(26)23-7-6-14-10-16(22)20-17(11-14)27-8-9-28-20/h2-5,10-11H,6-9,12H2,1H3,(H,23,26). The number of amides is 1. The van der Waals surface area contributed by atoms with Crippen LogP contribution < -0.4 is 14.8 Å². The van der Waals surface area contributed by atoms with Crippen LogP contribution in [0.2, 0.25) is 5.02 Å². The summed E-state index contributed by atoms with van der Waals surface area (Å²) in [5, 5.41) is 7.38. The van der Waals surface area contributed by atoms with Gasteiger partial charge in [-0.3, -0.25) is 4.79 Å². The van der Waals surface area contributed by atoms with Crippen LogP contribution in [0.25, 0.3) is 0 Å². The van der Waals surface area contributed by atoms with E-state index < -0.39 is 0 Å². The largest absolute Gasteiger partial charge is 0.486 e. The van der Waals surface area contributed by atoms with Crippen LogP contribution in [0.1, 0.15) is 27.6 Å². The van der Waals surface area contributed by atoms with Gasteiger partial charge in [0, 0.05) is 18.4 Å². The van der Waals surface area contributed by atoms with E-state index in [4.69, 9.17) is 25.6 Å². The lowest BCUT2D eigenvalue weighted by Gasteiger charge is -2.20. The number of ether oxygens (including phenoxy) is 2. The molecule has 0 fully saturated rings. The molecule has 156 valence electrons. The zero-order chi connectivity index (χ0) is 20.9. The average Bonchev–Trinajstić information content (AvgIpc) is 3.17. The van der Waals surface area contributed by atoms with Gasteiger partial charge in [0.1, 0.15) is 13.2 Å². The molecule has 1 aliphatic rings. The topological polar surface area (TPSA) is 86.5 Å². The summed E-state index contributed by atoms with van der Waals surface area (Å²) < 4.78 is 16.1. The Balaban J connectivity index is 1.36. The van der Waals surface area contributed by atoms with Gasteiger partial charge in [0.05, 0.1) is 16.3 Å². The van der Waals surface area contributed by atoms with Crippen molar-refractivity contribution in [2.24, 2.45) is 0 Å². The summed E-state index contributed by atoms with van der Waals surface area (Å²) in [6.07, 6.45) is 0.625. The molecule has 4 rings (SSSR count). The first kappa shape index (κ1) is 20.6. The third-order valence-corrected chi connectivity index (χ3v) is 5.76. The maximum absolute atomic E-state index is 12.7. The molecule has 0 saturated carbocycles. The summed E-state index contributed by atoms with van der Waals surface area (Å²) in [5.74, 6) is 2.74. The summed E-state index contributed by atoms with van der Waals surface area (Å²) in [4.78, 5) is 17.8. The molecule has 2 aromatic carbocycles. The molecule has 7 nitrogen and oxygen atoms in total. The van der Waals surface area contributed by atoms with E-state index in [2.05, 4.69) is 15.5 Å². The Kier molecular flexibility index (Phi) is 6.44. The Labute approximate surface area is 183 Å². The van der Waals surface area contributed by atoms with E-state index in [1.54, 1.807) is 13.0 Å². The van der Waals surface area contributed by atoms with Gasteiger partial charge in [-0.2, -0.15) is 4.98 Å². The molecule has 1 amide bonds. The van der Waals surface area contributed by atoms with Crippen LogP contribution in [0.15, 0.2) is 45.8 Å². The first-order valence-corrected chi connectivity index (χ1v) is 10.8. The molecule has 1 aromatic heterocycles. The van der Waals surface area contributed by atoms with E-state index in [0.717, 1.165) is 10.5 Å². The van der Waals surface area contributed by atoms with Crippen LogP contribution in [0, 0.1) is 6.92 Å². The molecule has 0 unspecified atom stereocenters. The molecule has 2 heterocycles. The molecule has 0 radical (unpaired) electrons. The highest BCUT2D eigenvalue weighted by Crippen LogP contribution is 2.38. The molecule has 0 aliphatic carbocycles. The fourth-order valence-electron chi connectivity index (χ4n) is 3.05. The van der Waals surface area contributed by atoms with Gasteiger partial charge in [-0.15, -0.1) is 11.8 Å². The second-order valence-corrected chi connectivity index (χ2v) is 8.05. The first-order valence-electron chi connectivity index (χ1n) is 9.47. The monoisotopic (exact) mass is 445 g/mol. The van der Waals surface area contributed by atoms with Gasteiger partial charge in [0.25, 0.3) is 5.91 Å². The molecule has 9 heteroatoms. The Morgan fingerprint density at radius 1 is 1.23 bits per heavy atom. The number of fused-ring (bicyclic) bond motifs is 1. The maximum atomic E-state index is 12.7. The normalized spacial score (nSPS) is 12.6. The Hall–Kier alpha value is -2.71. The predicted octanol–water partition coefficient (Wildman–Crippen LogP) is 4.07. The SMILES string of the molecule is Cc1nc(CSc2ccccc2C(=O)NCCc2cc(Cl)c3c(c2)OCCO3)no1. The third-order valence-electron chi connectivity index (χ3n) is 4.41. The molecule has 0 spiro atoms. The van der Waals surface area contributed by atoms with Crippen LogP contribution in [0.4, 0.5) is 0 Å². The molecule has 0 bridgehead atoms. The van der Waals surface area contributed by atoms with Gasteiger partial charge < -0.3 is 19.3 Å². The summed E-state index contributed by atoms with van der Waals surface area (Å²) in [6, 6.07) is 11.2. The van der Waals surface area contributed by atoms with Crippen LogP contribution in [-0.2, 0) is 12.2 Å². The first-order chi connectivity index (χ1) is 14.6. The number of hydrogen-bond donors (Lipinski definition) is 1. The summed E-state index contributed by atoms with van der Waals surface area (Å²) in [7, 11) is 0. The van der Waals surface area contributed by atoms with Crippen molar-refractivity contribution >= 4 is 29.3 Å². The zero-order valence-corrected chi connectivity index (χ0v) is 17.9. The number of rotatable bonds is 7. The van der Waals surface area contributed by atoms with Crippen molar-refractivity contribution in [1.29, 1.82) is 0 Å². The van der Waals surface area contributed by atoms with E-state index in [1.165, 1.54) is 11.8 Å². The molecular formula is C21H20ClN3O4S. The second-order valence-electron chi connectivity index (χ2n) is 6.62. The summed E-state index contributed by atoms with van der Waals surface area (Å²) in [6.45, 7) is 3.21. The van der Waals surface area contributed by atoms with Gasteiger partial charge >= 0.3 is 0 Å². The number of benzene rings is 2. The van der Waals surface area contributed by atoms with Gasteiger partial charge in [0.15, 0.2) is 17.3 Å². The minimum Gasteiger partial charge on any atom is -0.486 e. The minimum absolute atomic E-state index is 0.133. The lowest BCUT2D eigenvalue weighted by molar-refractivity contribution is 0.0951. The van der Waals surface area contributed by atoms with Gasteiger partial charge in [-0.1, -0.05) is 28.9 Å². The van der Waals surface area contributed by atoms with Gasteiger partial charge in [0.2, 0.25) is 5.89 Å². The summed E-state index contributed by atoms with van der Waals surface area (Å²) in [5.41, 5.74) is 1.59. The van der Waals surface area contributed by atoms with Crippen molar-refractivity contribution in [3.05, 3.63) is 64.3 Å². The molecule has 0 saturated heterocycles. The summed E-state index contributed by atoms with van der Waals surface area (Å²) >= 11 is 7.78. The Morgan fingerprint density at radius 2 is 2.07 bits per heavy atom. The molecule has 1 aliphatic heterocycles. The number of aryl methyl sites for hydroxylation is 1. The Morgan fingerprint density at radius 3 is 2.90 bits per heavy atom. The van der Waals surface area contributed by atoms with E-state index in [9.17, 15) is 4.79 Å². The van der Waals surface area contributed by atoms with Crippen molar-refractivity contribution < 1.29 is 18.8 Å². The average molecular weight is 446 g/mol. The van der Waals surface area contributed by atoms with Crippen LogP contribution in [-0.4, -0.2) is 35.8 Å². The predicted molar refractivity (Wildman–Crippen MR) is 114 cm³/mol. The number of hydrogen-bond acceptors (Lipinski definition) is 7.